The van der Waals surface area contributed by atoms with E-state index in [1.165, 1.54) is 41.2 Å². The van der Waals surface area contributed by atoms with Crippen LogP contribution in [0.4, 0.5) is 0 Å². The minimum Gasteiger partial charge on any atom is -0.393 e. The van der Waals surface area contributed by atoms with Gasteiger partial charge in [0.15, 0.2) is 0 Å². The number of rotatable bonds is 4. The Kier molecular flexibility index (Phi) is 5.29. The highest BCUT2D eigenvalue weighted by atomic mass is 127. The van der Waals surface area contributed by atoms with E-state index in [0.29, 0.717) is 0 Å². The molecule has 1 saturated carbocycles. The van der Waals surface area contributed by atoms with Crippen molar-refractivity contribution < 1.29 is 5.11 Å². The van der Waals surface area contributed by atoms with Crippen molar-refractivity contribution in [2.45, 2.75) is 51.0 Å². The molecule has 0 amide bonds. The van der Waals surface area contributed by atoms with Crippen molar-refractivity contribution in [3.8, 4) is 0 Å². The summed E-state index contributed by atoms with van der Waals surface area (Å²) < 4.78 is 1.26. The highest BCUT2D eigenvalue weighted by Crippen LogP contribution is 2.28. The lowest BCUT2D eigenvalue weighted by Gasteiger charge is -2.24. The largest absolute Gasteiger partial charge is 0.393 e. The first-order chi connectivity index (χ1) is 8.24. The third kappa shape index (κ3) is 4.59. The molecule has 0 spiro atoms. The predicted molar refractivity (Wildman–Crippen MR) is 80.1 cm³/mol. The molecule has 1 nitrogen and oxygen atoms in total. The van der Waals surface area contributed by atoms with Crippen LogP contribution >= 0.6 is 22.6 Å². The van der Waals surface area contributed by atoms with Crippen LogP contribution in [0, 0.1) is 9.49 Å². The summed E-state index contributed by atoms with van der Waals surface area (Å²) in [7, 11) is 0. The van der Waals surface area contributed by atoms with E-state index in [0.717, 1.165) is 18.8 Å². The van der Waals surface area contributed by atoms with Crippen molar-refractivity contribution in [1.82, 2.24) is 0 Å². The van der Waals surface area contributed by atoms with Crippen LogP contribution in [0.25, 0.3) is 0 Å². The SMILES string of the molecule is OC(Cc1ccc(I)cc1)CC1CCCCC1. The zero-order chi connectivity index (χ0) is 12.1. The molecule has 1 aromatic carbocycles. The fourth-order valence-electron chi connectivity index (χ4n) is 2.78. The third-order valence-electron chi connectivity index (χ3n) is 3.71. The van der Waals surface area contributed by atoms with Gasteiger partial charge in [0.2, 0.25) is 0 Å². The number of aliphatic hydroxyl groups excluding tert-OH is 1. The fraction of sp³-hybridized carbons (Fsp3) is 0.600. The van der Waals surface area contributed by atoms with Crippen molar-refractivity contribution >= 4 is 22.6 Å². The van der Waals surface area contributed by atoms with Crippen molar-refractivity contribution in [3.63, 3.8) is 0 Å². The van der Waals surface area contributed by atoms with Gasteiger partial charge in [-0.3, -0.25) is 0 Å². The lowest BCUT2D eigenvalue weighted by Crippen LogP contribution is -2.18. The Morgan fingerprint density at radius 1 is 1.12 bits per heavy atom. The number of hydrogen-bond donors (Lipinski definition) is 1. The summed E-state index contributed by atoms with van der Waals surface area (Å²) in [6.45, 7) is 0. The van der Waals surface area contributed by atoms with Gasteiger partial charge in [-0.15, -0.1) is 0 Å². The molecule has 1 aliphatic carbocycles. The zero-order valence-electron chi connectivity index (χ0n) is 10.2. The van der Waals surface area contributed by atoms with Gasteiger partial charge in [-0.2, -0.15) is 0 Å². The molecule has 1 atom stereocenters. The highest BCUT2D eigenvalue weighted by molar-refractivity contribution is 14.1. The molecule has 0 aromatic heterocycles. The number of benzene rings is 1. The summed E-state index contributed by atoms with van der Waals surface area (Å²) in [4.78, 5) is 0. The van der Waals surface area contributed by atoms with E-state index in [9.17, 15) is 5.11 Å². The van der Waals surface area contributed by atoms with E-state index in [4.69, 9.17) is 0 Å². The second-order valence-electron chi connectivity index (χ2n) is 5.22. The standard InChI is InChI=1S/C15H21IO/c16-14-8-6-13(7-9-14)11-15(17)10-12-4-2-1-3-5-12/h6-9,12,15,17H,1-5,10-11H2. The molecule has 0 saturated heterocycles. The lowest BCUT2D eigenvalue weighted by atomic mass is 9.84. The summed E-state index contributed by atoms with van der Waals surface area (Å²) >= 11 is 2.31. The van der Waals surface area contributed by atoms with Crippen molar-refractivity contribution in [2.24, 2.45) is 5.92 Å². The van der Waals surface area contributed by atoms with Crippen LogP contribution in [-0.2, 0) is 6.42 Å². The normalized spacial score (nSPS) is 19.2. The molecule has 0 aliphatic heterocycles. The van der Waals surface area contributed by atoms with Gasteiger partial charge in [-0.05, 0) is 59.0 Å². The van der Waals surface area contributed by atoms with Crippen LogP contribution in [0.1, 0.15) is 44.1 Å². The molecule has 0 bridgehead atoms. The van der Waals surface area contributed by atoms with Crippen molar-refractivity contribution in [3.05, 3.63) is 33.4 Å². The minimum absolute atomic E-state index is 0.154. The molecule has 0 radical (unpaired) electrons. The number of aliphatic hydroxyl groups is 1. The monoisotopic (exact) mass is 344 g/mol. The van der Waals surface area contributed by atoms with Crippen LogP contribution in [0.3, 0.4) is 0 Å². The molecule has 1 aromatic rings. The first-order valence-corrected chi connectivity index (χ1v) is 7.74. The van der Waals surface area contributed by atoms with Gasteiger partial charge in [0.05, 0.1) is 6.10 Å². The van der Waals surface area contributed by atoms with Crippen molar-refractivity contribution in [1.29, 1.82) is 0 Å². The Hall–Kier alpha value is -0.0900. The zero-order valence-corrected chi connectivity index (χ0v) is 12.4. The molecular weight excluding hydrogens is 323 g/mol. The van der Waals surface area contributed by atoms with Gasteiger partial charge in [0.25, 0.3) is 0 Å². The topological polar surface area (TPSA) is 20.2 Å². The lowest BCUT2D eigenvalue weighted by molar-refractivity contribution is 0.130. The molecule has 1 fully saturated rings. The fourth-order valence-corrected chi connectivity index (χ4v) is 3.14. The quantitative estimate of drug-likeness (QED) is 0.813. The van der Waals surface area contributed by atoms with E-state index in [1.54, 1.807) is 0 Å². The average molecular weight is 344 g/mol. The molecule has 2 rings (SSSR count). The Labute approximate surface area is 118 Å². The van der Waals surface area contributed by atoms with E-state index in [2.05, 4.69) is 46.9 Å². The average Bonchev–Trinajstić information content (AvgIpc) is 2.33. The number of hydrogen-bond acceptors (Lipinski definition) is 1. The van der Waals surface area contributed by atoms with Crippen LogP contribution < -0.4 is 0 Å². The van der Waals surface area contributed by atoms with E-state index < -0.39 is 0 Å². The van der Waals surface area contributed by atoms with Gasteiger partial charge >= 0.3 is 0 Å². The Bertz CT molecular complexity index is 327. The molecular formula is C15H21IO. The summed E-state index contributed by atoms with van der Waals surface area (Å²) in [5.41, 5.74) is 1.26. The van der Waals surface area contributed by atoms with Gasteiger partial charge in [-0.25, -0.2) is 0 Å². The van der Waals surface area contributed by atoms with Crippen LogP contribution in [-0.4, -0.2) is 11.2 Å². The first-order valence-electron chi connectivity index (χ1n) is 6.66. The molecule has 17 heavy (non-hydrogen) atoms. The third-order valence-corrected chi connectivity index (χ3v) is 4.43. The maximum absolute atomic E-state index is 10.1. The van der Waals surface area contributed by atoms with Gasteiger partial charge in [0.1, 0.15) is 0 Å². The molecule has 94 valence electrons. The minimum atomic E-state index is -0.154. The van der Waals surface area contributed by atoms with Crippen LogP contribution in [0.15, 0.2) is 24.3 Å². The maximum Gasteiger partial charge on any atom is 0.0583 e. The smallest absolute Gasteiger partial charge is 0.0583 e. The van der Waals surface area contributed by atoms with Crippen LogP contribution in [0.2, 0.25) is 0 Å². The molecule has 1 aliphatic rings. The van der Waals surface area contributed by atoms with Crippen LogP contribution in [0.5, 0.6) is 0 Å². The highest BCUT2D eigenvalue weighted by Gasteiger charge is 2.17. The molecule has 2 heteroatoms. The Balaban J connectivity index is 1.79. The molecule has 1 N–H and O–H groups in total. The van der Waals surface area contributed by atoms with Gasteiger partial charge in [0, 0.05) is 3.57 Å². The molecule has 0 heterocycles. The van der Waals surface area contributed by atoms with Crippen molar-refractivity contribution in [2.75, 3.05) is 0 Å². The number of halogens is 1. The summed E-state index contributed by atoms with van der Waals surface area (Å²) in [6, 6.07) is 8.49. The summed E-state index contributed by atoms with van der Waals surface area (Å²) in [5.74, 6) is 0.766. The van der Waals surface area contributed by atoms with E-state index in [1.807, 2.05) is 0 Å². The van der Waals surface area contributed by atoms with Gasteiger partial charge < -0.3 is 5.11 Å². The maximum atomic E-state index is 10.1. The van der Waals surface area contributed by atoms with E-state index >= 15 is 0 Å². The van der Waals surface area contributed by atoms with E-state index in [-0.39, 0.29) is 6.10 Å². The predicted octanol–water partition coefficient (Wildman–Crippen LogP) is 4.17. The Morgan fingerprint density at radius 3 is 2.41 bits per heavy atom. The second kappa shape index (κ2) is 6.74. The summed E-state index contributed by atoms with van der Waals surface area (Å²) in [6.07, 6.45) is 8.41. The van der Waals surface area contributed by atoms with Gasteiger partial charge in [-0.1, -0.05) is 44.2 Å². The first kappa shape index (κ1) is 13.3. The Morgan fingerprint density at radius 2 is 1.76 bits per heavy atom. The second-order valence-corrected chi connectivity index (χ2v) is 6.47. The summed E-state index contributed by atoms with van der Waals surface area (Å²) in [5, 5.41) is 10.1. The molecule has 1 unspecified atom stereocenters.